The molecule has 23 heavy (non-hydrogen) atoms. The first-order chi connectivity index (χ1) is 11.2. The Kier molecular flexibility index (Phi) is 4.97. The summed E-state index contributed by atoms with van der Waals surface area (Å²) < 4.78 is 11.3. The molecule has 1 atom stereocenters. The van der Waals surface area contributed by atoms with Crippen molar-refractivity contribution < 1.29 is 9.15 Å². The monoisotopic (exact) mass is 334 g/mol. The normalized spacial score (nSPS) is 21.6. The molecule has 3 rings (SSSR count). The Morgan fingerprint density at radius 3 is 3.09 bits per heavy atom. The Labute approximate surface area is 140 Å². The van der Waals surface area contributed by atoms with Gasteiger partial charge >= 0.3 is 0 Å². The summed E-state index contributed by atoms with van der Waals surface area (Å²) in [6.07, 6.45) is 3.87. The highest BCUT2D eigenvalue weighted by Crippen LogP contribution is 2.24. The highest BCUT2D eigenvalue weighted by atomic mass is 32.1. The van der Waals surface area contributed by atoms with Gasteiger partial charge < -0.3 is 19.8 Å². The fourth-order valence-corrected chi connectivity index (χ4v) is 3.20. The van der Waals surface area contributed by atoms with Crippen LogP contribution in [-0.2, 0) is 11.3 Å². The molecule has 1 fully saturated rings. The third-order valence-electron chi connectivity index (χ3n) is 3.87. The minimum absolute atomic E-state index is 0.0994. The van der Waals surface area contributed by atoms with E-state index in [1.807, 2.05) is 17.5 Å². The van der Waals surface area contributed by atoms with Gasteiger partial charge in [-0.1, -0.05) is 6.07 Å². The van der Waals surface area contributed by atoms with Crippen LogP contribution in [0.4, 0.5) is 0 Å². The lowest BCUT2D eigenvalue weighted by Gasteiger charge is -2.24. The van der Waals surface area contributed by atoms with Crippen LogP contribution in [0.3, 0.4) is 0 Å². The molecule has 0 spiro atoms. The van der Waals surface area contributed by atoms with Crippen LogP contribution < -0.4 is 10.6 Å². The second-order valence-corrected chi connectivity index (χ2v) is 6.75. The first-order valence-electron chi connectivity index (χ1n) is 7.75. The first kappa shape index (κ1) is 16.0. The first-order valence-corrected chi connectivity index (χ1v) is 8.63. The molecule has 2 aromatic rings. The predicted octanol–water partition coefficient (Wildman–Crippen LogP) is 2.64. The summed E-state index contributed by atoms with van der Waals surface area (Å²) in [6, 6.07) is 3.98. The van der Waals surface area contributed by atoms with Gasteiger partial charge in [-0.25, -0.2) is 4.98 Å². The summed E-state index contributed by atoms with van der Waals surface area (Å²) in [6.45, 7) is 4.28. The number of thiophene rings is 1. The van der Waals surface area contributed by atoms with Crippen LogP contribution in [-0.4, -0.2) is 36.7 Å². The molecule has 0 saturated carbocycles. The van der Waals surface area contributed by atoms with Crippen molar-refractivity contribution in [3.8, 4) is 10.8 Å². The van der Waals surface area contributed by atoms with Gasteiger partial charge in [-0.3, -0.25) is 4.99 Å². The van der Waals surface area contributed by atoms with Crippen molar-refractivity contribution in [1.29, 1.82) is 0 Å². The molecule has 0 bridgehead atoms. The van der Waals surface area contributed by atoms with E-state index < -0.39 is 0 Å². The smallest absolute Gasteiger partial charge is 0.236 e. The van der Waals surface area contributed by atoms with E-state index in [1.165, 1.54) is 0 Å². The van der Waals surface area contributed by atoms with Gasteiger partial charge in [0, 0.05) is 20.2 Å². The van der Waals surface area contributed by atoms with E-state index in [9.17, 15) is 0 Å². The lowest BCUT2D eigenvalue weighted by Crippen LogP contribution is -2.45. The molecular formula is C16H22N4O2S. The number of guanidine groups is 1. The van der Waals surface area contributed by atoms with Crippen LogP contribution in [0.25, 0.3) is 10.8 Å². The average Bonchev–Trinajstić information content (AvgIpc) is 3.29. The molecule has 7 heteroatoms. The molecule has 0 amide bonds. The van der Waals surface area contributed by atoms with Crippen molar-refractivity contribution in [3.05, 3.63) is 29.5 Å². The zero-order valence-electron chi connectivity index (χ0n) is 13.5. The van der Waals surface area contributed by atoms with Crippen molar-refractivity contribution >= 4 is 17.3 Å². The summed E-state index contributed by atoms with van der Waals surface area (Å²) in [7, 11) is 1.76. The number of nitrogens with one attached hydrogen (secondary N) is 2. The topological polar surface area (TPSA) is 71.7 Å². The van der Waals surface area contributed by atoms with Crippen molar-refractivity contribution in [2.45, 2.75) is 31.9 Å². The zero-order valence-corrected chi connectivity index (χ0v) is 14.3. The second kappa shape index (κ2) is 7.14. The predicted molar refractivity (Wildman–Crippen MR) is 91.6 cm³/mol. The van der Waals surface area contributed by atoms with Crippen LogP contribution >= 0.6 is 11.3 Å². The highest BCUT2D eigenvalue weighted by Gasteiger charge is 2.29. The Balaban J connectivity index is 1.50. The van der Waals surface area contributed by atoms with E-state index in [2.05, 4.69) is 27.5 Å². The largest absolute Gasteiger partial charge is 0.443 e. The number of aliphatic imine (C=N–C) groups is 1. The summed E-state index contributed by atoms with van der Waals surface area (Å²) in [5, 5.41) is 8.57. The van der Waals surface area contributed by atoms with Crippen LogP contribution in [0.2, 0.25) is 0 Å². The fourth-order valence-electron chi connectivity index (χ4n) is 2.54. The molecule has 2 N–H and O–H groups in total. The van der Waals surface area contributed by atoms with Gasteiger partial charge in [0.05, 0.1) is 22.7 Å². The molecule has 1 saturated heterocycles. The quantitative estimate of drug-likeness (QED) is 0.650. The molecule has 6 nitrogen and oxygen atoms in total. The van der Waals surface area contributed by atoms with Crippen molar-refractivity contribution in [2.24, 2.45) is 4.99 Å². The van der Waals surface area contributed by atoms with E-state index >= 15 is 0 Å². The van der Waals surface area contributed by atoms with Crippen LogP contribution in [0.1, 0.15) is 25.5 Å². The van der Waals surface area contributed by atoms with Gasteiger partial charge in [0.15, 0.2) is 5.96 Å². The van der Waals surface area contributed by atoms with Gasteiger partial charge in [0.1, 0.15) is 6.26 Å². The van der Waals surface area contributed by atoms with E-state index in [-0.39, 0.29) is 5.60 Å². The van der Waals surface area contributed by atoms with E-state index in [4.69, 9.17) is 9.15 Å². The summed E-state index contributed by atoms with van der Waals surface area (Å²) >= 11 is 1.61. The lowest BCUT2D eigenvalue weighted by atomic mass is 10.0. The number of oxazole rings is 1. The second-order valence-electron chi connectivity index (χ2n) is 5.80. The van der Waals surface area contributed by atoms with Crippen molar-refractivity contribution in [2.75, 3.05) is 20.2 Å². The van der Waals surface area contributed by atoms with Crippen molar-refractivity contribution in [1.82, 2.24) is 15.6 Å². The molecule has 2 aromatic heterocycles. The maximum atomic E-state index is 5.77. The fraction of sp³-hybridized carbons (Fsp3) is 0.500. The molecule has 0 radical (unpaired) electrons. The zero-order chi connectivity index (χ0) is 16.1. The Hall–Kier alpha value is -1.86. The summed E-state index contributed by atoms with van der Waals surface area (Å²) in [5.41, 5.74) is 0.748. The Morgan fingerprint density at radius 1 is 1.48 bits per heavy atom. The van der Waals surface area contributed by atoms with E-state index in [0.29, 0.717) is 12.4 Å². The number of hydrogen-bond acceptors (Lipinski definition) is 5. The SMILES string of the molecule is CN=C(NCc1coc(-c2cccs2)n1)NCC1(C)CCCO1. The summed E-state index contributed by atoms with van der Waals surface area (Å²) in [5.74, 6) is 1.40. The number of ether oxygens (including phenoxy) is 1. The Bertz CT molecular complexity index is 645. The van der Waals surface area contributed by atoms with Gasteiger partial charge in [-0.15, -0.1) is 11.3 Å². The highest BCUT2D eigenvalue weighted by molar-refractivity contribution is 7.13. The van der Waals surface area contributed by atoms with Gasteiger partial charge in [0.2, 0.25) is 5.89 Å². The molecule has 0 aromatic carbocycles. The maximum absolute atomic E-state index is 5.77. The van der Waals surface area contributed by atoms with Gasteiger partial charge in [-0.05, 0) is 31.2 Å². The van der Waals surface area contributed by atoms with Gasteiger partial charge in [-0.2, -0.15) is 0 Å². The van der Waals surface area contributed by atoms with Crippen LogP contribution in [0, 0.1) is 0 Å². The van der Waals surface area contributed by atoms with Crippen LogP contribution in [0.15, 0.2) is 33.2 Å². The number of nitrogens with zero attached hydrogens (tertiary/aromatic N) is 2. The standard InChI is InChI=1S/C16H22N4O2S/c1-16(6-4-7-22-16)11-19-15(17-2)18-9-12-10-21-14(20-12)13-5-3-8-23-13/h3,5,8,10H,4,6-7,9,11H2,1-2H3,(H2,17,18,19). The van der Waals surface area contributed by atoms with E-state index in [0.717, 1.165) is 42.5 Å². The number of aromatic nitrogens is 1. The molecule has 124 valence electrons. The number of rotatable bonds is 5. The molecule has 1 unspecified atom stereocenters. The Morgan fingerprint density at radius 2 is 2.39 bits per heavy atom. The molecule has 3 heterocycles. The summed E-state index contributed by atoms with van der Waals surface area (Å²) in [4.78, 5) is 9.75. The molecule has 1 aliphatic heterocycles. The lowest BCUT2D eigenvalue weighted by molar-refractivity contribution is 0.0243. The minimum atomic E-state index is -0.0994. The van der Waals surface area contributed by atoms with Gasteiger partial charge in [0.25, 0.3) is 0 Å². The average molecular weight is 334 g/mol. The van der Waals surface area contributed by atoms with Crippen molar-refractivity contribution in [3.63, 3.8) is 0 Å². The molecule has 0 aliphatic carbocycles. The molecule has 1 aliphatic rings. The number of hydrogen-bond donors (Lipinski definition) is 2. The van der Waals surface area contributed by atoms with E-state index in [1.54, 1.807) is 24.6 Å². The van der Waals surface area contributed by atoms with Crippen LogP contribution in [0.5, 0.6) is 0 Å². The maximum Gasteiger partial charge on any atom is 0.236 e. The molecular weight excluding hydrogens is 312 g/mol. The third-order valence-corrected chi connectivity index (χ3v) is 4.73. The third kappa shape index (κ3) is 4.11. The minimum Gasteiger partial charge on any atom is -0.443 e.